The average Bonchev–Trinajstić information content (AvgIpc) is 3.23. The van der Waals surface area contributed by atoms with Crippen LogP contribution in [0, 0.1) is 0 Å². The number of nitrogens with one attached hydrogen (secondary N) is 1. The third-order valence-electron chi connectivity index (χ3n) is 5.22. The van der Waals surface area contributed by atoms with Gasteiger partial charge in [0.25, 0.3) is 11.7 Å². The van der Waals surface area contributed by atoms with Gasteiger partial charge in [-0.05, 0) is 34.2 Å². The summed E-state index contributed by atoms with van der Waals surface area (Å²) in [7, 11) is -2.50. The molecule has 1 aliphatic heterocycles. The average molecular weight is 486 g/mol. The summed E-state index contributed by atoms with van der Waals surface area (Å²) in [5, 5.41) is 12.8. The molecule has 0 fully saturated rings. The van der Waals surface area contributed by atoms with Gasteiger partial charge < -0.3 is 5.11 Å². The van der Waals surface area contributed by atoms with Crippen molar-refractivity contribution in [2.45, 2.75) is 12.5 Å². The molecule has 1 unspecified atom stereocenters. The molecule has 170 valence electrons. The van der Waals surface area contributed by atoms with Crippen molar-refractivity contribution >= 4 is 61.3 Å². The number of aryl methyl sites for hydroxylation is 1. The number of Topliss-reactive ketones (excluding diaryl/α,β-unsaturated/α-hetero) is 1. The van der Waals surface area contributed by atoms with Crippen LogP contribution < -0.4 is 4.72 Å². The molecule has 2 heterocycles. The molecule has 33 heavy (non-hydrogen) atoms. The van der Waals surface area contributed by atoms with Crippen LogP contribution in [0.25, 0.3) is 10.8 Å². The Labute approximate surface area is 193 Å². The lowest BCUT2D eigenvalue weighted by Gasteiger charge is -2.25. The number of amides is 1. The van der Waals surface area contributed by atoms with Crippen molar-refractivity contribution < 1.29 is 27.9 Å². The molecule has 1 aromatic heterocycles. The molecule has 3 aromatic rings. The fourth-order valence-electron chi connectivity index (χ4n) is 3.56. The van der Waals surface area contributed by atoms with Crippen LogP contribution in [-0.4, -0.2) is 60.8 Å². The van der Waals surface area contributed by atoms with Crippen molar-refractivity contribution in [3.05, 3.63) is 64.4 Å². The van der Waals surface area contributed by atoms with Crippen molar-refractivity contribution in [3.8, 4) is 0 Å². The zero-order valence-corrected chi connectivity index (χ0v) is 19.0. The zero-order chi connectivity index (χ0) is 23.8. The molecule has 0 saturated heterocycles. The predicted molar refractivity (Wildman–Crippen MR) is 125 cm³/mol. The van der Waals surface area contributed by atoms with Crippen molar-refractivity contribution in [3.63, 3.8) is 0 Å². The van der Waals surface area contributed by atoms with Crippen LogP contribution in [0.1, 0.15) is 10.4 Å². The maximum Gasteiger partial charge on any atom is 0.336 e. The summed E-state index contributed by atoms with van der Waals surface area (Å²) in [6.45, 7) is 0. The number of sulfonamides is 1. The molecule has 1 amide bonds. The molecule has 1 atom stereocenters. The standard InChI is InChI=1S/C22H19N3O6S2/c1-25-20(23-17(22(28)29)18(26)21(25)27)19-16(9-11-32-19)24-33(30,31)12-10-14-7-4-6-13-5-2-3-8-15(13)14/h2-9,11,17,24H,10,12H2,1H3,(H,28,29). The topological polar surface area (TPSA) is 133 Å². The van der Waals surface area contributed by atoms with Gasteiger partial charge in [-0.3, -0.25) is 19.2 Å². The van der Waals surface area contributed by atoms with E-state index < -0.39 is 33.7 Å². The number of aliphatic imine (C=N–C) groups is 1. The second-order valence-electron chi connectivity index (χ2n) is 7.39. The third kappa shape index (κ3) is 4.50. The molecule has 0 aliphatic carbocycles. The van der Waals surface area contributed by atoms with E-state index in [1.54, 1.807) is 5.38 Å². The number of thiophene rings is 1. The summed E-state index contributed by atoms with van der Waals surface area (Å²) in [5.74, 6) is -3.98. The van der Waals surface area contributed by atoms with E-state index in [1.165, 1.54) is 13.1 Å². The minimum absolute atomic E-state index is 0.0752. The molecule has 0 radical (unpaired) electrons. The number of anilines is 1. The number of hydrogen-bond donors (Lipinski definition) is 2. The van der Waals surface area contributed by atoms with Crippen LogP contribution in [0.3, 0.4) is 0 Å². The first kappa shape index (κ1) is 22.6. The SMILES string of the molecule is CN1C(=O)C(=O)C(C(=O)O)N=C1c1sccc1NS(=O)(=O)CCc1cccc2ccccc12. The van der Waals surface area contributed by atoms with Crippen LogP contribution in [0.2, 0.25) is 0 Å². The number of fused-ring (bicyclic) bond motifs is 1. The summed E-state index contributed by atoms with van der Waals surface area (Å²) >= 11 is 1.08. The Morgan fingerprint density at radius 3 is 2.64 bits per heavy atom. The summed E-state index contributed by atoms with van der Waals surface area (Å²) in [6, 6.07) is 13.1. The Morgan fingerprint density at radius 1 is 1.15 bits per heavy atom. The highest BCUT2D eigenvalue weighted by Gasteiger charge is 2.40. The van der Waals surface area contributed by atoms with Gasteiger partial charge in [-0.15, -0.1) is 11.3 Å². The minimum Gasteiger partial charge on any atom is -0.479 e. The highest BCUT2D eigenvalue weighted by atomic mass is 32.2. The Morgan fingerprint density at radius 2 is 1.88 bits per heavy atom. The number of rotatable bonds is 7. The molecule has 2 aromatic carbocycles. The lowest BCUT2D eigenvalue weighted by molar-refractivity contribution is -0.149. The molecule has 1 aliphatic rings. The lowest BCUT2D eigenvalue weighted by atomic mass is 10.0. The molecule has 11 heteroatoms. The first-order valence-electron chi connectivity index (χ1n) is 9.85. The zero-order valence-electron chi connectivity index (χ0n) is 17.4. The van der Waals surface area contributed by atoms with Crippen molar-refractivity contribution in [1.82, 2.24) is 4.90 Å². The number of carbonyl (C=O) groups excluding carboxylic acids is 2. The van der Waals surface area contributed by atoms with Gasteiger partial charge in [0.05, 0.1) is 16.3 Å². The number of likely N-dealkylation sites (N-methyl/N-ethyl adjacent to an activating group) is 1. The van der Waals surface area contributed by atoms with Crippen molar-refractivity contribution in [1.29, 1.82) is 0 Å². The van der Waals surface area contributed by atoms with Gasteiger partial charge in [0.1, 0.15) is 0 Å². The van der Waals surface area contributed by atoms with Crippen molar-refractivity contribution in [2.75, 3.05) is 17.5 Å². The number of hydrogen-bond acceptors (Lipinski definition) is 7. The minimum atomic E-state index is -3.79. The lowest BCUT2D eigenvalue weighted by Crippen LogP contribution is -2.50. The van der Waals surface area contributed by atoms with E-state index in [1.807, 2.05) is 42.5 Å². The normalized spacial score (nSPS) is 16.7. The third-order valence-corrected chi connectivity index (χ3v) is 7.40. The first-order chi connectivity index (χ1) is 15.7. The summed E-state index contributed by atoms with van der Waals surface area (Å²) in [6.07, 6.45) is 0.283. The van der Waals surface area contributed by atoms with Gasteiger partial charge in [0.15, 0.2) is 5.84 Å². The maximum absolute atomic E-state index is 12.8. The summed E-state index contributed by atoms with van der Waals surface area (Å²) in [4.78, 5) is 40.6. The number of benzene rings is 2. The summed E-state index contributed by atoms with van der Waals surface area (Å²) in [5.41, 5.74) is 1.06. The molecule has 9 nitrogen and oxygen atoms in total. The van der Waals surface area contributed by atoms with Crippen LogP contribution >= 0.6 is 11.3 Å². The Balaban J connectivity index is 1.58. The molecule has 0 bridgehead atoms. The fourth-order valence-corrected chi connectivity index (χ4v) is 5.60. The van der Waals surface area contributed by atoms with E-state index in [2.05, 4.69) is 9.71 Å². The number of carbonyl (C=O) groups is 3. The van der Waals surface area contributed by atoms with Crippen LogP contribution in [0.5, 0.6) is 0 Å². The van der Waals surface area contributed by atoms with E-state index in [4.69, 9.17) is 0 Å². The predicted octanol–water partition coefficient (Wildman–Crippen LogP) is 2.13. The number of carboxylic acids is 1. The van der Waals surface area contributed by atoms with E-state index in [-0.39, 0.29) is 28.6 Å². The highest BCUT2D eigenvalue weighted by Crippen LogP contribution is 2.28. The number of nitrogens with zero attached hydrogens (tertiary/aromatic N) is 2. The molecule has 0 saturated carbocycles. The van der Waals surface area contributed by atoms with Gasteiger partial charge in [0, 0.05) is 7.05 Å². The first-order valence-corrected chi connectivity index (χ1v) is 12.4. The van der Waals surface area contributed by atoms with Crippen LogP contribution in [0.4, 0.5) is 5.69 Å². The van der Waals surface area contributed by atoms with E-state index >= 15 is 0 Å². The van der Waals surface area contributed by atoms with Crippen molar-refractivity contribution in [2.24, 2.45) is 4.99 Å². The monoisotopic (exact) mass is 485 g/mol. The van der Waals surface area contributed by atoms with Crippen LogP contribution in [0.15, 0.2) is 58.9 Å². The molecule has 2 N–H and O–H groups in total. The second kappa shape index (κ2) is 8.75. The van der Waals surface area contributed by atoms with Crippen LogP contribution in [-0.2, 0) is 30.8 Å². The van der Waals surface area contributed by atoms with E-state index in [0.29, 0.717) is 0 Å². The second-order valence-corrected chi connectivity index (χ2v) is 10.2. The Hall–Kier alpha value is -3.57. The van der Waals surface area contributed by atoms with E-state index in [0.717, 1.165) is 32.6 Å². The number of carboxylic acid groups (broad SMARTS) is 1. The Bertz CT molecular complexity index is 1410. The highest BCUT2D eigenvalue weighted by molar-refractivity contribution is 7.92. The molecule has 0 spiro atoms. The fraction of sp³-hybridized carbons (Fsp3) is 0.182. The molecular formula is C22H19N3O6S2. The van der Waals surface area contributed by atoms with Gasteiger partial charge in [-0.2, -0.15) is 0 Å². The smallest absolute Gasteiger partial charge is 0.336 e. The van der Waals surface area contributed by atoms with Gasteiger partial charge in [-0.1, -0.05) is 42.5 Å². The van der Waals surface area contributed by atoms with Gasteiger partial charge in [-0.25, -0.2) is 18.2 Å². The van der Waals surface area contributed by atoms with E-state index in [9.17, 15) is 27.9 Å². The quantitative estimate of drug-likeness (QED) is 0.389. The molecule has 4 rings (SSSR count). The number of amidine groups is 1. The summed E-state index contributed by atoms with van der Waals surface area (Å²) < 4.78 is 28.2. The van der Waals surface area contributed by atoms with Gasteiger partial charge in [0.2, 0.25) is 16.1 Å². The molecular weight excluding hydrogens is 466 g/mol. The largest absolute Gasteiger partial charge is 0.479 e. The number of aliphatic carboxylic acids is 1. The van der Waals surface area contributed by atoms with Gasteiger partial charge >= 0.3 is 5.97 Å². The Kier molecular flexibility index (Phi) is 6.00. The maximum atomic E-state index is 12.8. The number of ketones is 1.